The SMILES string of the molecule is CCCCCCCCCCCCCCCCCCCCCOCC(COC1OC(CO)C(O)C(OS(=O)(=O)O)C1O)OC(=O)CCCCCCCC. The third-order valence-electron chi connectivity index (χ3n) is 9.73. The smallest absolute Gasteiger partial charge is 0.397 e. The van der Waals surface area contributed by atoms with Crippen LogP contribution in [0.25, 0.3) is 0 Å². The quantitative estimate of drug-likeness (QED) is 0.0277. The molecule has 6 atom stereocenters. The molecule has 0 amide bonds. The highest BCUT2D eigenvalue weighted by Gasteiger charge is 2.48. The fraction of sp³-hybridized carbons (Fsp3) is 0.974. The monoisotopic (exact) mass is 769 g/mol. The molecule has 52 heavy (non-hydrogen) atoms. The van der Waals surface area contributed by atoms with Gasteiger partial charge in [-0.2, -0.15) is 8.42 Å². The van der Waals surface area contributed by atoms with Crippen LogP contribution in [0.1, 0.15) is 181 Å². The molecule has 0 spiro atoms. The predicted molar refractivity (Wildman–Crippen MR) is 202 cm³/mol. The van der Waals surface area contributed by atoms with Gasteiger partial charge in [0, 0.05) is 13.0 Å². The van der Waals surface area contributed by atoms with Crippen molar-refractivity contribution in [3.8, 4) is 0 Å². The zero-order valence-corrected chi connectivity index (χ0v) is 33.5. The summed E-state index contributed by atoms with van der Waals surface area (Å²) in [6, 6.07) is 0. The van der Waals surface area contributed by atoms with Crippen LogP contribution in [0.15, 0.2) is 0 Å². The minimum Gasteiger partial charge on any atom is -0.457 e. The van der Waals surface area contributed by atoms with E-state index in [9.17, 15) is 28.5 Å². The summed E-state index contributed by atoms with van der Waals surface area (Å²) in [5.74, 6) is -0.405. The van der Waals surface area contributed by atoms with Gasteiger partial charge in [0.1, 0.15) is 30.5 Å². The lowest BCUT2D eigenvalue weighted by molar-refractivity contribution is -0.301. The largest absolute Gasteiger partial charge is 0.457 e. The molecule has 1 saturated heterocycles. The van der Waals surface area contributed by atoms with Crippen LogP contribution in [0.2, 0.25) is 0 Å². The summed E-state index contributed by atoms with van der Waals surface area (Å²) < 4.78 is 58.7. The minimum atomic E-state index is -5.05. The van der Waals surface area contributed by atoms with Gasteiger partial charge >= 0.3 is 16.4 Å². The van der Waals surface area contributed by atoms with Gasteiger partial charge in [-0.15, -0.1) is 0 Å². The Morgan fingerprint density at radius 3 is 1.54 bits per heavy atom. The molecule has 6 unspecified atom stereocenters. The van der Waals surface area contributed by atoms with E-state index in [4.69, 9.17) is 23.5 Å². The number of aliphatic hydroxyl groups excluding tert-OH is 3. The Kier molecular flexibility index (Phi) is 30.6. The number of rotatable bonds is 36. The molecular formula is C39H76O12S. The van der Waals surface area contributed by atoms with E-state index in [1.165, 1.54) is 109 Å². The molecule has 0 aliphatic carbocycles. The third kappa shape index (κ3) is 26.0. The number of aliphatic hydroxyl groups is 3. The van der Waals surface area contributed by atoms with Gasteiger partial charge in [-0.05, 0) is 12.8 Å². The van der Waals surface area contributed by atoms with Crippen molar-refractivity contribution in [2.45, 2.75) is 218 Å². The summed E-state index contributed by atoms with van der Waals surface area (Å²) in [7, 11) is -5.05. The molecule has 0 aromatic rings. The van der Waals surface area contributed by atoms with Crippen molar-refractivity contribution in [2.75, 3.05) is 26.4 Å². The van der Waals surface area contributed by atoms with E-state index >= 15 is 0 Å². The van der Waals surface area contributed by atoms with Gasteiger partial charge in [0.25, 0.3) is 0 Å². The van der Waals surface area contributed by atoms with Crippen LogP contribution < -0.4 is 0 Å². The Bertz CT molecular complexity index is 936. The van der Waals surface area contributed by atoms with Crippen LogP contribution in [0, 0.1) is 0 Å². The second-order valence-corrected chi connectivity index (χ2v) is 15.6. The predicted octanol–water partition coefficient (Wildman–Crippen LogP) is 7.74. The van der Waals surface area contributed by atoms with Gasteiger partial charge in [-0.25, -0.2) is 4.18 Å². The molecule has 13 heteroatoms. The Morgan fingerprint density at radius 2 is 1.10 bits per heavy atom. The number of unbranched alkanes of at least 4 members (excludes halogenated alkanes) is 23. The molecule has 1 fully saturated rings. The fourth-order valence-electron chi connectivity index (χ4n) is 6.56. The van der Waals surface area contributed by atoms with Crippen molar-refractivity contribution in [3.63, 3.8) is 0 Å². The highest BCUT2D eigenvalue weighted by atomic mass is 32.3. The van der Waals surface area contributed by atoms with Crippen LogP contribution in [-0.4, -0.2) is 97.5 Å². The van der Waals surface area contributed by atoms with E-state index in [0.29, 0.717) is 13.0 Å². The van der Waals surface area contributed by atoms with Gasteiger partial charge in [-0.1, -0.05) is 162 Å². The molecule has 0 aromatic carbocycles. The number of ether oxygens (including phenoxy) is 4. The Morgan fingerprint density at radius 1 is 0.654 bits per heavy atom. The van der Waals surface area contributed by atoms with Crippen molar-refractivity contribution >= 4 is 16.4 Å². The summed E-state index contributed by atoms with van der Waals surface area (Å²) in [4.78, 5) is 12.6. The molecule has 4 N–H and O–H groups in total. The molecule has 1 heterocycles. The normalized spacial score (nSPS) is 21.4. The van der Waals surface area contributed by atoms with E-state index in [0.717, 1.165) is 44.9 Å². The molecule has 0 aromatic heterocycles. The highest BCUT2D eigenvalue weighted by Crippen LogP contribution is 2.26. The van der Waals surface area contributed by atoms with Gasteiger partial charge in [0.05, 0.1) is 19.8 Å². The van der Waals surface area contributed by atoms with Crippen LogP contribution >= 0.6 is 0 Å². The lowest BCUT2D eigenvalue weighted by atomic mass is 9.99. The standard InChI is InChI=1S/C39H76O12S/c1-3-5-7-9-11-12-13-14-15-16-17-18-19-20-21-22-23-25-27-29-47-31-33(49-35(41)28-26-24-10-8-6-4-2)32-48-39-37(43)38(51-52(44,45)46)36(42)34(30-40)50-39/h33-34,36-40,42-43H,3-32H2,1-2H3,(H,44,45,46). The number of hydrogen-bond acceptors (Lipinski definition) is 11. The number of esters is 1. The van der Waals surface area contributed by atoms with Gasteiger partial charge in [0.2, 0.25) is 0 Å². The first kappa shape index (κ1) is 49.1. The lowest BCUT2D eigenvalue weighted by Crippen LogP contribution is -2.60. The van der Waals surface area contributed by atoms with Crippen LogP contribution in [0.5, 0.6) is 0 Å². The average molecular weight is 769 g/mol. The zero-order chi connectivity index (χ0) is 38.3. The summed E-state index contributed by atoms with van der Waals surface area (Å²) in [5.41, 5.74) is 0. The van der Waals surface area contributed by atoms with Crippen molar-refractivity contribution in [3.05, 3.63) is 0 Å². The first-order chi connectivity index (χ1) is 25.1. The fourth-order valence-corrected chi connectivity index (χ4v) is 7.06. The number of carbonyl (C=O) groups is 1. The molecule has 12 nitrogen and oxygen atoms in total. The Labute approximate surface area is 316 Å². The molecule has 0 saturated carbocycles. The van der Waals surface area contributed by atoms with Crippen LogP contribution in [0.3, 0.4) is 0 Å². The van der Waals surface area contributed by atoms with E-state index in [2.05, 4.69) is 18.0 Å². The maximum Gasteiger partial charge on any atom is 0.397 e. The summed E-state index contributed by atoms with van der Waals surface area (Å²) >= 11 is 0. The molecule has 310 valence electrons. The second-order valence-electron chi connectivity index (χ2n) is 14.6. The average Bonchev–Trinajstić information content (AvgIpc) is 3.11. The van der Waals surface area contributed by atoms with Gasteiger partial charge in [-0.3, -0.25) is 9.35 Å². The lowest BCUT2D eigenvalue weighted by Gasteiger charge is -2.41. The van der Waals surface area contributed by atoms with Crippen LogP contribution in [0.4, 0.5) is 0 Å². The van der Waals surface area contributed by atoms with Gasteiger partial charge < -0.3 is 34.3 Å². The van der Waals surface area contributed by atoms with Crippen molar-refractivity contribution in [2.24, 2.45) is 0 Å². The zero-order valence-electron chi connectivity index (χ0n) is 32.6. The first-order valence-electron chi connectivity index (χ1n) is 20.8. The summed E-state index contributed by atoms with van der Waals surface area (Å²) in [5, 5.41) is 30.5. The van der Waals surface area contributed by atoms with Crippen LogP contribution in [-0.2, 0) is 38.3 Å². The Balaban J connectivity index is 2.33. The molecule has 0 bridgehead atoms. The number of carbonyl (C=O) groups excluding carboxylic acids is 1. The molecular weight excluding hydrogens is 692 g/mol. The van der Waals surface area contributed by atoms with Crippen molar-refractivity contribution < 1.29 is 56.2 Å². The molecule has 1 aliphatic rings. The maximum absolute atomic E-state index is 12.6. The first-order valence-corrected chi connectivity index (χ1v) is 22.2. The molecule has 1 aliphatic heterocycles. The van der Waals surface area contributed by atoms with E-state index in [1.807, 2.05) is 0 Å². The van der Waals surface area contributed by atoms with Crippen molar-refractivity contribution in [1.82, 2.24) is 0 Å². The molecule has 1 rings (SSSR count). The van der Waals surface area contributed by atoms with E-state index < -0.39 is 59.8 Å². The summed E-state index contributed by atoms with van der Waals surface area (Å²) in [6.07, 6.45) is 21.9. The topological polar surface area (TPSA) is 178 Å². The third-order valence-corrected chi connectivity index (χ3v) is 10.2. The molecule has 0 radical (unpaired) electrons. The van der Waals surface area contributed by atoms with E-state index in [1.54, 1.807) is 0 Å². The summed E-state index contributed by atoms with van der Waals surface area (Å²) in [6.45, 7) is 3.93. The maximum atomic E-state index is 12.6. The second kappa shape index (κ2) is 32.4. The minimum absolute atomic E-state index is 0.0428. The van der Waals surface area contributed by atoms with E-state index in [-0.39, 0.29) is 19.6 Å². The van der Waals surface area contributed by atoms with Gasteiger partial charge in [0.15, 0.2) is 6.29 Å². The Hall–Kier alpha value is -0.900. The van der Waals surface area contributed by atoms with Crippen molar-refractivity contribution in [1.29, 1.82) is 0 Å². The number of hydrogen-bond donors (Lipinski definition) is 4. The highest BCUT2D eigenvalue weighted by molar-refractivity contribution is 7.80.